The summed E-state index contributed by atoms with van der Waals surface area (Å²) < 4.78 is 0. The molecule has 0 saturated carbocycles. The van der Waals surface area contributed by atoms with E-state index in [1.807, 2.05) is 6.07 Å². The number of carbonyl (C=O) groups excluding carboxylic acids is 2. The Morgan fingerprint density at radius 3 is 2.38 bits per heavy atom. The largest absolute Gasteiger partial charge is 0.326 e. The Morgan fingerprint density at radius 1 is 1.31 bits per heavy atom. The number of aldehydes is 1. The highest BCUT2D eigenvalue weighted by Crippen LogP contribution is 2.30. The van der Waals surface area contributed by atoms with Crippen LogP contribution < -0.4 is 5.32 Å². The van der Waals surface area contributed by atoms with Crippen LogP contribution in [0, 0.1) is 0 Å². The van der Waals surface area contributed by atoms with E-state index in [9.17, 15) is 9.59 Å². The van der Waals surface area contributed by atoms with Crippen LogP contribution in [0.1, 0.15) is 43.6 Å². The van der Waals surface area contributed by atoms with Crippen molar-refractivity contribution in [1.82, 2.24) is 0 Å². The van der Waals surface area contributed by atoms with Crippen molar-refractivity contribution >= 4 is 17.9 Å². The fourth-order valence-electron chi connectivity index (χ4n) is 1.58. The van der Waals surface area contributed by atoms with Crippen molar-refractivity contribution in [1.29, 1.82) is 0 Å². The minimum Gasteiger partial charge on any atom is -0.326 e. The first-order valence-electron chi connectivity index (χ1n) is 5.22. The highest BCUT2D eigenvalue weighted by Gasteiger charge is 2.18. The lowest BCUT2D eigenvalue weighted by molar-refractivity contribution is -0.114. The molecule has 3 nitrogen and oxygen atoms in total. The maximum absolute atomic E-state index is 11.1. The summed E-state index contributed by atoms with van der Waals surface area (Å²) in [4.78, 5) is 21.8. The van der Waals surface area contributed by atoms with Crippen LogP contribution in [-0.2, 0) is 10.2 Å². The summed E-state index contributed by atoms with van der Waals surface area (Å²) in [6, 6.07) is 5.35. The molecule has 0 atom stereocenters. The Bertz CT molecular complexity index is 416. The van der Waals surface area contributed by atoms with Crippen molar-refractivity contribution in [3.8, 4) is 0 Å². The monoisotopic (exact) mass is 219 g/mol. The van der Waals surface area contributed by atoms with E-state index in [-0.39, 0.29) is 11.3 Å². The zero-order valence-electron chi connectivity index (χ0n) is 10.1. The second kappa shape index (κ2) is 4.47. The second-order valence-electron chi connectivity index (χ2n) is 4.85. The Morgan fingerprint density at radius 2 is 1.94 bits per heavy atom. The summed E-state index contributed by atoms with van der Waals surface area (Å²) >= 11 is 0. The Balaban J connectivity index is 3.26. The second-order valence-corrected chi connectivity index (χ2v) is 4.85. The van der Waals surface area contributed by atoms with E-state index in [4.69, 9.17) is 0 Å². The van der Waals surface area contributed by atoms with E-state index in [0.29, 0.717) is 11.3 Å². The molecule has 0 spiro atoms. The van der Waals surface area contributed by atoms with E-state index in [0.717, 1.165) is 11.8 Å². The van der Waals surface area contributed by atoms with E-state index >= 15 is 0 Å². The van der Waals surface area contributed by atoms with E-state index in [1.54, 1.807) is 12.1 Å². The quantitative estimate of drug-likeness (QED) is 0.777. The average Bonchev–Trinajstić information content (AvgIpc) is 2.14. The van der Waals surface area contributed by atoms with Gasteiger partial charge in [0, 0.05) is 18.2 Å². The van der Waals surface area contributed by atoms with Gasteiger partial charge in [-0.3, -0.25) is 9.59 Å². The topological polar surface area (TPSA) is 46.2 Å². The average molecular weight is 219 g/mol. The Kier molecular flexibility index (Phi) is 3.48. The number of nitrogens with one attached hydrogen (secondary N) is 1. The summed E-state index contributed by atoms with van der Waals surface area (Å²) in [5.74, 6) is -0.131. The van der Waals surface area contributed by atoms with Crippen LogP contribution >= 0.6 is 0 Å². The zero-order chi connectivity index (χ0) is 12.3. The first kappa shape index (κ1) is 12.4. The summed E-state index contributed by atoms with van der Waals surface area (Å²) in [6.07, 6.45) is 0.776. The molecule has 0 saturated heterocycles. The molecule has 1 aromatic carbocycles. The van der Waals surface area contributed by atoms with Gasteiger partial charge < -0.3 is 5.32 Å². The zero-order valence-corrected chi connectivity index (χ0v) is 10.1. The van der Waals surface area contributed by atoms with E-state index in [2.05, 4.69) is 26.1 Å². The molecule has 0 fully saturated rings. The lowest BCUT2D eigenvalue weighted by Crippen LogP contribution is -2.17. The van der Waals surface area contributed by atoms with Crippen molar-refractivity contribution in [3.05, 3.63) is 29.3 Å². The van der Waals surface area contributed by atoms with Gasteiger partial charge >= 0.3 is 0 Å². The van der Waals surface area contributed by atoms with Gasteiger partial charge in [-0.05, 0) is 17.0 Å². The van der Waals surface area contributed by atoms with Gasteiger partial charge in [-0.2, -0.15) is 0 Å². The van der Waals surface area contributed by atoms with Gasteiger partial charge in [0.15, 0.2) is 0 Å². The molecule has 1 aromatic rings. The van der Waals surface area contributed by atoms with Crippen molar-refractivity contribution in [3.63, 3.8) is 0 Å². The van der Waals surface area contributed by atoms with E-state index < -0.39 is 0 Å². The predicted octanol–water partition coefficient (Wildman–Crippen LogP) is 2.76. The molecule has 1 amide bonds. The molecule has 0 aliphatic rings. The SMILES string of the molecule is CC(=O)Nc1cc(C=O)ccc1C(C)(C)C. The lowest BCUT2D eigenvalue weighted by atomic mass is 9.85. The van der Waals surface area contributed by atoms with Crippen LogP contribution in [0.25, 0.3) is 0 Å². The van der Waals surface area contributed by atoms with Crippen molar-refractivity contribution < 1.29 is 9.59 Å². The third-order valence-corrected chi connectivity index (χ3v) is 2.30. The fraction of sp³-hybridized carbons (Fsp3) is 0.385. The number of rotatable bonds is 2. The highest BCUT2D eigenvalue weighted by molar-refractivity contribution is 5.91. The third-order valence-electron chi connectivity index (χ3n) is 2.30. The van der Waals surface area contributed by atoms with Gasteiger partial charge in [0.1, 0.15) is 6.29 Å². The van der Waals surface area contributed by atoms with Crippen molar-refractivity contribution in [2.45, 2.75) is 33.1 Å². The first-order valence-corrected chi connectivity index (χ1v) is 5.22. The van der Waals surface area contributed by atoms with E-state index in [1.165, 1.54) is 6.92 Å². The molecule has 1 N–H and O–H groups in total. The van der Waals surface area contributed by atoms with Crippen LogP contribution in [0.2, 0.25) is 0 Å². The van der Waals surface area contributed by atoms with Gasteiger partial charge in [-0.25, -0.2) is 0 Å². The van der Waals surface area contributed by atoms with Gasteiger partial charge in [-0.15, -0.1) is 0 Å². The molecule has 0 bridgehead atoms. The predicted molar refractivity (Wildman–Crippen MR) is 64.8 cm³/mol. The number of carbonyl (C=O) groups is 2. The number of hydrogen-bond acceptors (Lipinski definition) is 2. The number of benzene rings is 1. The molecule has 16 heavy (non-hydrogen) atoms. The molecule has 0 unspecified atom stereocenters. The standard InChI is InChI=1S/C13H17NO2/c1-9(16)14-12-7-10(8-15)5-6-11(12)13(2,3)4/h5-8H,1-4H3,(H,14,16). The normalized spacial score (nSPS) is 11.0. The minimum atomic E-state index is -0.131. The van der Waals surface area contributed by atoms with Crippen LogP contribution in [-0.4, -0.2) is 12.2 Å². The number of anilines is 1. The third kappa shape index (κ3) is 2.92. The van der Waals surface area contributed by atoms with Crippen LogP contribution in [0.5, 0.6) is 0 Å². The van der Waals surface area contributed by atoms with Crippen LogP contribution in [0.4, 0.5) is 5.69 Å². The lowest BCUT2D eigenvalue weighted by Gasteiger charge is -2.23. The van der Waals surface area contributed by atoms with Crippen molar-refractivity contribution in [2.24, 2.45) is 0 Å². The molecule has 0 aliphatic heterocycles. The number of amides is 1. The van der Waals surface area contributed by atoms with Crippen molar-refractivity contribution in [2.75, 3.05) is 5.32 Å². The summed E-state index contributed by atoms with van der Waals surface area (Å²) in [5.41, 5.74) is 2.23. The summed E-state index contributed by atoms with van der Waals surface area (Å²) in [7, 11) is 0. The molecule has 0 radical (unpaired) electrons. The number of hydrogen-bond donors (Lipinski definition) is 1. The molecule has 86 valence electrons. The fourth-order valence-corrected chi connectivity index (χ4v) is 1.58. The smallest absolute Gasteiger partial charge is 0.221 e. The molecule has 3 heteroatoms. The van der Waals surface area contributed by atoms with Gasteiger partial charge in [-0.1, -0.05) is 32.9 Å². The molecular formula is C13H17NO2. The Hall–Kier alpha value is -1.64. The van der Waals surface area contributed by atoms with Crippen LogP contribution in [0.3, 0.4) is 0 Å². The molecular weight excluding hydrogens is 202 g/mol. The summed E-state index contributed by atoms with van der Waals surface area (Å²) in [5, 5.41) is 2.76. The molecule has 0 aliphatic carbocycles. The Labute approximate surface area is 95.9 Å². The van der Waals surface area contributed by atoms with Gasteiger partial charge in [0.2, 0.25) is 5.91 Å². The maximum Gasteiger partial charge on any atom is 0.221 e. The van der Waals surface area contributed by atoms with Gasteiger partial charge in [0.25, 0.3) is 0 Å². The highest BCUT2D eigenvalue weighted by atomic mass is 16.1. The molecule has 1 rings (SSSR count). The molecule has 0 heterocycles. The first-order chi connectivity index (χ1) is 7.34. The summed E-state index contributed by atoms with van der Waals surface area (Å²) in [6.45, 7) is 7.65. The van der Waals surface area contributed by atoms with Gasteiger partial charge in [0.05, 0.1) is 0 Å². The molecule has 0 aromatic heterocycles. The maximum atomic E-state index is 11.1. The minimum absolute atomic E-state index is 0.0702. The van der Waals surface area contributed by atoms with Crippen LogP contribution in [0.15, 0.2) is 18.2 Å².